The number of anilines is 1. The Morgan fingerprint density at radius 1 is 1.35 bits per heavy atom. The minimum absolute atomic E-state index is 0.229. The predicted molar refractivity (Wildman–Crippen MR) is 80.6 cm³/mol. The lowest BCUT2D eigenvalue weighted by Gasteiger charge is -2.09. The molecule has 0 saturated carbocycles. The van der Waals surface area contributed by atoms with Gasteiger partial charge in [0.1, 0.15) is 5.82 Å². The largest absolute Gasteiger partial charge is 0.370 e. The van der Waals surface area contributed by atoms with Crippen molar-refractivity contribution in [1.82, 2.24) is 14.5 Å². The second kappa shape index (κ2) is 6.72. The van der Waals surface area contributed by atoms with Gasteiger partial charge in [-0.2, -0.15) is 0 Å². The number of nitrogens with zero attached hydrogens (tertiary/aromatic N) is 3. The van der Waals surface area contributed by atoms with Crippen LogP contribution >= 0.6 is 23.2 Å². The lowest BCUT2D eigenvalue weighted by atomic mass is 10.3. The minimum Gasteiger partial charge on any atom is -0.370 e. The van der Waals surface area contributed by atoms with E-state index in [1.807, 2.05) is 0 Å². The van der Waals surface area contributed by atoms with Gasteiger partial charge in [0.15, 0.2) is 0 Å². The van der Waals surface area contributed by atoms with Crippen molar-refractivity contribution in [3.63, 3.8) is 0 Å². The molecule has 0 aliphatic carbocycles. The van der Waals surface area contributed by atoms with E-state index >= 15 is 0 Å². The quantitative estimate of drug-likeness (QED) is 0.922. The van der Waals surface area contributed by atoms with Crippen molar-refractivity contribution in [2.45, 2.75) is 19.9 Å². The van der Waals surface area contributed by atoms with Crippen molar-refractivity contribution >= 4 is 29.0 Å². The Balaban J connectivity index is 2.28. The van der Waals surface area contributed by atoms with Crippen molar-refractivity contribution in [2.75, 3.05) is 11.9 Å². The van der Waals surface area contributed by atoms with Crippen LogP contribution in [0.15, 0.2) is 29.3 Å². The van der Waals surface area contributed by atoms with Gasteiger partial charge < -0.3 is 5.32 Å². The zero-order valence-corrected chi connectivity index (χ0v) is 12.4. The fraction of sp³-hybridized carbons (Fsp3) is 0.308. The van der Waals surface area contributed by atoms with Crippen molar-refractivity contribution < 1.29 is 0 Å². The standard InChI is InChI=1S/C13H14Cl2N4O/c1-2-5-16-12-4-3-10(15)11(18-12)8-19-7-9(14)6-17-13(19)20/h3-4,6-7H,2,5,8H2,1H3,(H,16,18). The van der Waals surface area contributed by atoms with Crippen LogP contribution in [0, 0.1) is 0 Å². The Hall–Kier alpha value is -1.59. The van der Waals surface area contributed by atoms with Gasteiger partial charge in [0.25, 0.3) is 0 Å². The van der Waals surface area contributed by atoms with E-state index in [1.165, 1.54) is 17.0 Å². The van der Waals surface area contributed by atoms with Gasteiger partial charge in [-0.05, 0) is 18.6 Å². The lowest BCUT2D eigenvalue weighted by molar-refractivity contribution is 0.711. The van der Waals surface area contributed by atoms with Gasteiger partial charge in [-0.1, -0.05) is 30.1 Å². The molecule has 0 fully saturated rings. The fourth-order valence-electron chi connectivity index (χ4n) is 1.65. The van der Waals surface area contributed by atoms with E-state index in [1.54, 1.807) is 12.1 Å². The summed E-state index contributed by atoms with van der Waals surface area (Å²) in [5.74, 6) is 0.731. The van der Waals surface area contributed by atoms with Crippen LogP contribution in [0.25, 0.3) is 0 Å². The van der Waals surface area contributed by atoms with Crippen molar-refractivity contribution in [3.8, 4) is 0 Å². The molecule has 0 spiro atoms. The summed E-state index contributed by atoms with van der Waals surface area (Å²) in [6.45, 7) is 3.13. The molecule has 0 aliphatic heterocycles. The molecule has 0 aliphatic rings. The average Bonchev–Trinajstić information content (AvgIpc) is 2.43. The molecule has 2 heterocycles. The molecular formula is C13H14Cl2N4O. The van der Waals surface area contributed by atoms with Gasteiger partial charge in [-0.3, -0.25) is 4.57 Å². The van der Waals surface area contributed by atoms with Crippen LogP contribution in [0.4, 0.5) is 5.82 Å². The first-order chi connectivity index (χ1) is 9.60. The molecule has 1 N–H and O–H groups in total. The van der Waals surface area contributed by atoms with Crippen LogP contribution in [0.3, 0.4) is 0 Å². The molecule has 0 unspecified atom stereocenters. The van der Waals surface area contributed by atoms with Gasteiger partial charge in [0.2, 0.25) is 0 Å². The highest BCUT2D eigenvalue weighted by Crippen LogP contribution is 2.17. The fourth-order valence-corrected chi connectivity index (χ4v) is 1.98. The Bertz CT molecular complexity index is 657. The number of rotatable bonds is 5. The smallest absolute Gasteiger partial charge is 0.347 e. The Kier molecular flexibility index (Phi) is 4.98. The lowest BCUT2D eigenvalue weighted by Crippen LogP contribution is -2.23. The van der Waals surface area contributed by atoms with Crippen LogP contribution < -0.4 is 11.0 Å². The second-order valence-corrected chi connectivity index (χ2v) is 5.08. The molecule has 5 nitrogen and oxygen atoms in total. The van der Waals surface area contributed by atoms with Gasteiger partial charge in [0.05, 0.1) is 28.5 Å². The van der Waals surface area contributed by atoms with E-state index < -0.39 is 0 Å². The van der Waals surface area contributed by atoms with Gasteiger partial charge in [-0.15, -0.1) is 0 Å². The van der Waals surface area contributed by atoms with Crippen molar-refractivity contribution in [3.05, 3.63) is 50.7 Å². The van der Waals surface area contributed by atoms with Crippen LogP contribution in [-0.2, 0) is 6.54 Å². The van der Waals surface area contributed by atoms with Crippen molar-refractivity contribution in [2.24, 2.45) is 0 Å². The predicted octanol–water partition coefficient (Wildman–Crippen LogP) is 2.82. The number of hydrogen-bond donors (Lipinski definition) is 1. The second-order valence-electron chi connectivity index (χ2n) is 4.23. The van der Waals surface area contributed by atoms with E-state index in [2.05, 4.69) is 22.2 Å². The highest BCUT2D eigenvalue weighted by atomic mass is 35.5. The Morgan fingerprint density at radius 3 is 2.90 bits per heavy atom. The summed E-state index contributed by atoms with van der Waals surface area (Å²) in [5.41, 5.74) is 0.207. The highest BCUT2D eigenvalue weighted by molar-refractivity contribution is 6.31. The van der Waals surface area contributed by atoms with Gasteiger partial charge in [0, 0.05) is 12.7 Å². The number of nitrogens with one attached hydrogen (secondary N) is 1. The third-order valence-corrected chi connectivity index (χ3v) is 3.16. The number of hydrogen-bond acceptors (Lipinski definition) is 4. The van der Waals surface area contributed by atoms with Crippen LogP contribution in [0.1, 0.15) is 19.0 Å². The minimum atomic E-state index is -0.390. The summed E-state index contributed by atoms with van der Waals surface area (Å²) in [7, 11) is 0. The third kappa shape index (κ3) is 3.71. The van der Waals surface area contributed by atoms with E-state index in [0.29, 0.717) is 15.7 Å². The summed E-state index contributed by atoms with van der Waals surface area (Å²) >= 11 is 11.9. The molecule has 0 bridgehead atoms. The molecular weight excluding hydrogens is 299 g/mol. The topological polar surface area (TPSA) is 59.8 Å². The Morgan fingerprint density at radius 2 is 2.15 bits per heavy atom. The van der Waals surface area contributed by atoms with E-state index in [4.69, 9.17) is 23.2 Å². The number of halogens is 2. The van der Waals surface area contributed by atoms with E-state index in [0.717, 1.165) is 18.8 Å². The zero-order valence-electron chi connectivity index (χ0n) is 10.9. The van der Waals surface area contributed by atoms with Crippen molar-refractivity contribution in [1.29, 1.82) is 0 Å². The zero-order chi connectivity index (χ0) is 14.5. The van der Waals surface area contributed by atoms with Crippen LogP contribution in [0.5, 0.6) is 0 Å². The summed E-state index contributed by atoms with van der Waals surface area (Å²) < 4.78 is 1.38. The highest BCUT2D eigenvalue weighted by Gasteiger charge is 2.07. The molecule has 2 aromatic heterocycles. The number of aromatic nitrogens is 3. The maximum atomic E-state index is 11.7. The molecule has 0 radical (unpaired) electrons. The molecule has 20 heavy (non-hydrogen) atoms. The molecule has 0 saturated heterocycles. The first-order valence-electron chi connectivity index (χ1n) is 6.21. The van der Waals surface area contributed by atoms with Gasteiger partial charge in [-0.25, -0.2) is 14.8 Å². The number of pyridine rings is 1. The molecule has 0 amide bonds. The average molecular weight is 313 g/mol. The first-order valence-corrected chi connectivity index (χ1v) is 6.97. The molecule has 7 heteroatoms. The first kappa shape index (κ1) is 14.8. The SMILES string of the molecule is CCCNc1ccc(Cl)c(Cn2cc(Cl)cnc2=O)n1. The normalized spacial score (nSPS) is 10.6. The molecule has 106 valence electrons. The summed E-state index contributed by atoms with van der Waals surface area (Å²) in [5, 5.41) is 4.06. The van der Waals surface area contributed by atoms with E-state index in [9.17, 15) is 4.79 Å². The summed E-state index contributed by atoms with van der Waals surface area (Å²) in [6.07, 6.45) is 3.83. The third-order valence-electron chi connectivity index (χ3n) is 2.62. The summed E-state index contributed by atoms with van der Waals surface area (Å²) in [4.78, 5) is 19.7. The summed E-state index contributed by atoms with van der Waals surface area (Å²) in [6, 6.07) is 3.56. The molecule has 2 rings (SSSR count). The molecule has 2 aromatic rings. The van der Waals surface area contributed by atoms with Crippen LogP contribution in [0.2, 0.25) is 10.0 Å². The Labute approximate surface area is 126 Å². The van der Waals surface area contributed by atoms with E-state index in [-0.39, 0.29) is 12.2 Å². The molecule has 0 aromatic carbocycles. The maximum absolute atomic E-state index is 11.7. The monoisotopic (exact) mass is 312 g/mol. The van der Waals surface area contributed by atoms with Crippen LogP contribution in [-0.4, -0.2) is 21.1 Å². The van der Waals surface area contributed by atoms with Gasteiger partial charge >= 0.3 is 5.69 Å². The maximum Gasteiger partial charge on any atom is 0.347 e. The molecule has 0 atom stereocenters.